The standard InChI is InChI=1S/C15H17BrN2O2S/c1-17-10-12-5-4-6-13(9-12)11-21(19,20)18-15-8-3-2-7-14(15)16/h2-9,17-18H,10-11H2,1H3. The maximum Gasteiger partial charge on any atom is 0.236 e. The molecule has 0 amide bonds. The fourth-order valence-electron chi connectivity index (χ4n) is 2.00. The SMILES string of the molecule is CNCc1cccc(CS(=O)(=O)Nc2ccccc2Br)c1. The molecule has 0 radical (unpaired) electrons. The summed E-state index contributed by atoms with van der Waals surface area (Å²) >= 11 is 3.33. The zero-order valence-electron chi connectivity index (χ0n) is 11.6. The Balaban J connectivity index is 2.14. The molecule has 0 unspecified atom stereocenters. The van der Waals surface area contributed by atoms with Crippen LogP contribution in [0.1, 0.15) is 11.1 Å². The van der Waals surface area contributed by atoms with Crippen LogP contribution in [0.25, 0.3) is 0 Å². The van der Waals surface area contributed by atoms with Gasteiger partial charge < -0.3 is 5.32 Å². The molecule has 2 N–H and O–H groups in total. The van der Waals surface area contributed by atoms with Crippen molar-refractivity contribution in [3.8, 4) is 0 Å². The first-order valence-corrected chi connectivity index (χ1v) is 8.92. The zero-order valence-corrected chi connectivity index (χ0v) is 14.0. The summed E-state index contributed by atoms with van der Waals surface area (Å²) in [5.41, 5.74) is 2.37. The van der Waals surface area contributed by atoms with Crippen LogP contribution in [0.2, 0.25) is 0 Å². The van der Waals surface area contributed by atoms with Crippen molar-refractivity contribution in [2.45, 2.75) is 12.3 Å². The van der Waals surface area contributed by atoms with E-state index in [2.05, 4.69) is 26.0 Å². The molecule has 0 saturated carbocycles. The van der Waals surface area contributed by atoms with Gasteiger partial charge in [0.1, 0.15) is 0 Å². The summed E-state index contributed by atoms with van der Waals surface area (Å²) in [5, 5.41) is 3.05. The highest BCUT2D eigenvalue weighted by Crippen LogP contribution is 2.23. The lowest BCUT2D eigenvalue weighted by molar-refractivity contribution is 0.600. The molecule has 2 aromatic carbocycles. The minimum absolute atomic E-state index is 0.0497. The van der Waals surface area contributed by atoms with Crippen molar-refractivity contribution in [3.05, 3.63) is 64.1 Å². The van der Waals surface area contributed by atoms with Crippen molar-refractivity contribution in [2.75, 3.05) is 11.8 Å². The molecule has 4 nitrogen and oxygen atoms in total. The van der Waals surface area contributed by atoms with Gasteiger partial charge in [-0.2, -0.15) is 0 Å². The van der Waals surface area contributed by atoms with E-state index in [4.69, 9.17) is 0 Å². The van der Waals surface area contributed by atoms with Gasteiger partial charge in [0.2, 0.25) is 10.0 Å². The minimum Gasteiger partial charge on any atom is -0.316 e. The molecule has 0 fully saturated rings. The van der Waals surface area contributed by atoms with E-state index >= 15 is 0 Å². The molecule has 21 heavy (non-hydrogen) atoms. The van der Waals surface area contributed by atoms with E-state index in [0.717, 1.165) is 15.6 Å². The molecule has 0 aromatic heterocycles. The van der Waals surface area contributed by atoms with Crippen LogP contribution in [-0.4, -0.2) is 15.5 Å². The Morgan fingerprint density at radius 1 is 1.05 bits per heavy atom. The summed E-state index contributed by atoms with van der Waals surface area (Å²) in [6.45, 7) is 0.714. The number of benzene rings is 2. The van der Waals surface area contributed by atoms with Gasteiger partial charge in [0, 0.05) is 11.0 Å². The second-order valence-electron chi connectivity index (χ2n) is 4.69. The molecule has 0 bridgehead atoms. The third-order valence-corrected chi connectivity index (χ3v) is 4.80. The number of para-hydroxylation sites is 1. The molecule has 2 aromatic rings. The van der Waals surface area contributed by atoms with E-state index in [9.17, 15) is 8.42 Å². The monoisotopic (exact) mass is 368 g/mol. The highest BCUT2D eigenvalue weighted by atomic mass is 79.9. The highest BCUT2D eigenvalue weighted by molar-refractivity contribution is 9.10. The fourth-order valence-corrected chi connectivity index (χ4v) is 3.72. The van der Waals surface area contributed by atoms with Gasteiger partial charge in [0.15, 0.2) is 0 Å². The third-order valence-electron chi connectivity index (χ3n) is 2.87. The van der Waals surface area contributed by atoms with E-state index in [0.29, 0.717) is 12.2 Å². The average Bonchev–Trinajstić information content (AvgIpc) is 2.41. The molecule has 6 heteroatoms. The van der Waals surface area contributed by atoms with Crippen LogP contribution in [0.3, 0.4) is 0 Å². The van der Waals surface area contributed by atoms with Gasteiger partial charge in [0.05, 0.1) is 11.4 Å². The molecule has 112 valence electrons. The molecule has 0 aliphatic heterocycles. The minimum atomic E-state index is -3.44. The summed E-state index contributed by atoms with van der Waals surface area (Å²) < 4.78 is 27.8. The number of hydrogen-bond acceptors (Lipinski definition) is 3. The van der Waals surface area contributed by atoms with Crippen LogP contribution in [0.4, 0.5) is 5.69 Å². The lowest BCUT2D eigenvalue weighted by atomic mass is 10.1. The molecular weight excluding hydrogens is 352 g/mol. The van der Waals surface area contributed by atoms with Crippen LogP contribution in [0, 0.1) is 0 Å². The second kappa shape index (κ2) is 7.06. The summed E-state index contributed by atoms with van der Waals surface area (Å²) in [6, 6.07) is 14.7. The van der Waals surface area contributed by atoms with Crippen LogP contribution in [-0.2, 0) is 22.3 Å². The van der Waals surface area contributed by atoms with Crippen molar-refractivity contribution in [1.29, 1.82) is 0 Å². The number of anilines is 1. The summed E-state index contributed by atoms with van der Waals surface area (Å²) in [4.78, 5) is 0. The number of rotatable bonds is 6. The topological polar surface area (TPSA) is 58.2 Å². The summed E-state index contributed by atoms with van der Waals surface area (Å²) in [5.74, 6) is -0.0497. The Labute approximate surface area is 133 Å². The van der Waals surface area contributed by atoms with Crippen molar-refractivity contribution >= 4 is 31.6 Å². The van der Waals surface area contributed by atoms with Gasteiger partial charge >= 0.3 is 0 Å². The van der Waals surface area contributed by atoms with Gasteiger partial charge in [-0.25, -0.2) is 8.42 Å². The van der Waals surface area contributed by atoms with Crippen molar-refractivity contribution in [3.63, 3.8) is 0 Å². The zero-order chi connectivity index (χ0) is 15.3. The quantitative estimate of drug-likeness (QED) is 0.823. The van der Waals surface area contributed by atoms with E-state index in [1.165, 1.54) is 0 Å². The first-order valence-electron chi connectivity index (χ1n) is 6.47. The maximum absolute atomic E-state index is 12.2. The first-order chi connectivity index (χ1) is 10.00. The molecular formula is C15H17BrN2O2S. The third kappa shape index (κ3) is 4.84. The number of halogens is 1. The Bertz CT molecular complexity index is 717. The summed E-state index contributed by atoms with van der Waals surface area (Å²) in [7, 11) is -1.58. The molecule has 0 heterocycles. The molecule has 0 atom stereocenters. The van der Waals surface area contributed by atoms with E-state index in [1.54, 1.807) is 18.2 Å². The second-order valence-corrected chi connectivity index (χ2v) is 7.27. The Morgan fingerprint density at radius 2 is 1.76 bits per heavy atom. The van der Waals surface area contributed by atoms with Crippen LogP contribution in [0.5, 0.6) is 0 Å². The van der Waals surface area contributed by atoms with Gasteiger partial charge in [-0.1, -0.05) is 36.4 Å². The number of nitrogens with one attached hydrogen (secondary N) is 2. The predicted molar refractivity (Wildman–Crippen MR) is 89.6 cm³/mol. The number of sulfonamides is 1. The largest absolute Gasteiger partial charge is 0.316 e. The highest BCUT2D eigenvalue weighted by Gasteiger charge is 2.13. The molecule has 0 aliphatic carbocycles. The van der Waals surface area contributed by atoms with Crippen molar-refractivity contribution < 1.29 is 8.42 Å². The smallest absolute Gasteiger partial charge is 0.236 e. The van der Waals surface area contributed by atoms with Crippen molar-refractivity contribution in [1.82, 2.24) is 5.32 Å². The number of hydrogen-bond donors (Lipinski definition) is 2. The van der Waals surface area contributed by atoms with Gasteiger partial charge in [-0.05, 0) is 46.2 Å². The average molecular weight is 369 g/mol. The van der Waals surface area contributed by atoms with Crippen LogP contribution >= 0.6 is 15.9 Å². The molecule has 2 rings (SSSR count). The van der Waals surface area contributed by atoms with Crippen LogP contribution in [0.15, 0.2) is 53.0 Å². The van der Waals surface area contributed by atoms with E-state index in [-0.39, 0.29) is 5.75 Å². The van der Waals surface area contributed by atoms with E-state index < -0.39 is 10.0 Å². The normalized spacial score (nSPS) is 11.3. The molecule has 0 spiro atoms. The Morgan fingerprint density at radius 3 is 2.48 bits per heavy atom. The Kier molecular flexibility index (Phi) is 5.39. The first kappa shape index (κ1) is 16.0. The fraction of sp³-hybridized carbons (Fsp3) is 0.200. The maximum atomic E-state index is 12.2. The van der Waals surface area contributed by atoms with Crippen LogP contribution < -0.4 is 10.0 Å². The van der Waals surface area contributed by atoms with Gasteiger partial charge in [-0.3, -0.25) is 4.72 Å². The lowest BCUT2D eigenvalue weighted by Gasteiger charge is -2.10. The molecule has 0 aliphatic rings. The van der Waals surface area contributed by atoms with Gasteiger partial charge in [0.25, 0.3) is 0 Å². The van der Waals surface area contributed by atoms with E-state index in [1.807, 2.05) is 37.4 Å². The molecule has 0 saturated heterocycles. The summed E-state index contributed by atoms with van der Waals surface area (Å²) in [6.07, 6.45) is 0. The van der Waals surface area contributed by atoms with Gasteiger partial charge in [-0.15, -0.1) is 0 Å². The lowest BCUT2D eigenvalue weighted by Crippen LogP contribution is -2.15. The Hall–Kier alpha value is -1.37. The van der Waals surface area contributed by atoms with Crippen molar-refractivity contribution in [2.24, 2.45) is 0 Å². The predicted octanol–water partition coefficient (Wildman–Crippen LogP) is 3.11.